The summed E-state index contributed by atoms with van der Waals surface area (Å²) in [6, 6.07) is 7.63. The van der Waals surface area contributed by atoms with Crippen LogP contribution < -0.4 is 5.32 Å². The maximum Gasteiger partial charge on any atom is 0.253 e. The van der Waals surface area contributed by atoms with Crippen LogP contribution in [0, 0.1) is 0 Å². The predicted molar refractivity (Wildman–Crippen MR) is 84.2 cm³/mol. The van der Waals surface area contributed by atoms with Crippen molar-refractivity contribution in [3.8, 4) is 0 Å². The molecule has 0 radical (unpaired) electrons. The molecule has 0 aliphatic rings. The van der Waals surface area contributed by atoms with Crippen LogP contribution in [0.5, 0.6) is 0 Å². The van der Waals surface area contributed by atoms with Crippen molar-refractivity contribution in [1.29, 1.82) is 0 Å². The first-order valence-electron chi connectivity index (χ1n) is 7.24. The molecule has 1 N–H and O–H groups in total. The van der Waals surface area contributed by atoms with Crippen LogP contribution in [-0.4, -0.2) is 33.4 Å². The molecular weight excluding hydrogens is 264 g/mol. The number of anilines is 1. The van der Waals surface area contributed by atoms with E-state index >= 15 is 0 Å². The van der Waals surface area contributed by atoms with E-state index in [1.54, 1.807) is 6.33 Å². The van der Waals surface area contributed by atoms with E-state index in [0.717, 1.165) is 24.5 Å². The van der Waals surface area contributed by atoms with Gasteiger partial charge >= 0.3 is 0 Å². The second-order valence-electron chi connectivity index (χ2n) is 4.91. The largest absolute Gasteiger partial charge is 0.379 e. The van der Waals surface area contributed by atoms with Gasteiger partial charge in [0.15, 0.2) is 0 Å². The molecule has 0 aliphatic carbocycles. The molecule has 21 heavy (non-hydrogen) atoms. The highest BCUT2D eigenvalue weighted by Crippen LogP contribution is 2.14. The quantitative estimate of drug-likeness (QED) is 0.887. The summed E-state index contributed by atoms with van der Waals surface area (Å²) in [5, 5.41) is 3.33. The fourth-order valence-corrected chi connectivity index (χ4v) is 2.20. The van der Waals surface area contributed by atoms with Crippen LogP contribution in [0.1, 0.15) is 29.9 Å². The van der Waals surface area contributed by atoms with Crippen molar-refractivity contribution in [2.24, 2.45) is 7.05 Å². The lowest BCUT2D eigenvalue weighted by atomic mass is 10.1. The molecule has 5 nitrogen and oxygen atoms in total. The maximum absolute atomic E-state index is 12.3. The number of carbonyl (C=O) groups excluding carboxylic acids is 1. The molecule has 2 aromatic rings. The number of nitrogens with one attached hydrogen (secondary N) is 1. The SMILES string of the molecule is CCN(CC)C(=O)c1cccc(NCc2cncn2C)c1. The Morgan fingerprint density at radius 2 is 2.10 bits per heavy atom. The smallest absolute Gasteiger partial charge is 0.253 e. The van der Waals surface area contributed by atoms with Gasteiger partial charge in [-0.05, 0) is 32.0 Å². The number of rotatable bonds is 6. The Balaban J connectivity index is 2.07. The number of hydrogen-bond donors (Lipinski definition) is 1. The van der Waals surface area contributed by atoms with Gasteiger partial charge in [0.2, 0.25) is 0 Å². The van der Waals surface area contributed by atoms with Gasteiger partial charge in [0.1, 0.15) is 0 Å². The van der Waals surface area contributed by atoms with E-state index < -0.39 is 0 Å². The molecule has 0 atom stereocenters. The van der Waals surface area contributed by atoms with Gasteiger partial charge < -0.3 is 14.8 Å². The van der Waals surface area contributed by atoms with Crippen LogP contribution in [0.2, 0.25) is 0 Å². The zero-order chi connectivity index (χ0) is 15.2. The maximum atomic E-state index is 12.3. The minimum Gasteiger partial charge on any atom is -0.379 e. The van der Waals surface area contributed by atoms with Gasteiger partial charge in [-0.3, -0.25) is 4.79 Å². The minimum absolute atomic E-state index is 0.0733. The van der Waals surface area contributed by atoms with E-state index in [0.29, 0.717) is 12.1 Å². The van der Waals surface area contributed by atoms with E-state index in [9.17, 15) is 4.79 Å². The van der Waals surface area contributed by atoms with Gasteiger partial charge in [-0.2, -0.15) is 0 Å². The van der Waals surface area contributed by atoms with Gasteiger partial charge in [0.25, 0.3) is 5.91 Å². The summed E-state index contributed by atoms with van der Waals surface area (Å²) >= 11 is 0. The summed E-state index contributed by atoms with van der Waals surface area (Å²) < 4.78 is 1.97. The van der Waals surface area contributed by atoms with Crippen LogP contribution in [0.25, 0.3) is 0 Å². The van der Waals surface area contributed by atoms with Crippen molar-refractivity contribution in [3.05, 3.63) is 48.0 Å². The molecule has 0 aliphatic heterocycles. The van der Waals surface area contributed by atoms with Crippen LogP contribution in [0.4, 0.5) is 5.69 Å². The van der Waals surface area contributed by atoms with Gasteiger partial charge in [0, 0.05) is 37.6 Å². The second kappa shape index (κ2) is 6.92. The molecule has 0 saturated carbocycles. The van der Waals surface area contributed by atoms with E-state index in [2.05, 4.69) is 10.3 Å². The molecule has 0 fully saturated rings. The van der Waals surface area contributed by atoms with Crippen molar-refractivity contribution in [2.45, 2.75) is 20.4 Å². The molecule has 5 heteroatoms. The first kappa shape index (κ1) is 15.1. The van der Waals surface area contributed by atoms with Crippen LogP contribution in [-0.2, 0) is 13.6 Å². The number of aromatic nitrogens is 2. The number of nitrogens with zero attached hydrogens (tertiary/aromatic N) is 3. The number of carbonyl (C=O) groups is 1. The average Bonchev–Trinajstić information content (AvgIpc) is 2.92. The van der Waals surface area contributed by atoms with Gasteiger partial charge in [0.05, 0.1) is 18.6 Å². The molecule has 0 bridgehead atoms. The molecule has 0 saturated heterocycles. The lowest BCUT2D eigenvalue weighted by Crippen LogP contribution is -2.30. The average molecular weight is 286 g/mol. The monoisotopic (exact) mass is 286 g/mol. The summed E-state index contributed by atoms with van der Waals surface area (Å²) in [7, 11) is 1.96. The number of hydrogen-bond acceptors (Lipinski definition) is 3. The predicted octanol–water partition coefficient (Wildman–Crippen LogP) is 2.51. The molecule has 2 rings (SSSR count). The second-order valence-corrected chi connectivity index (χ2v) is 4.91. The zero-order valence-electron chi connectivity index (χ0n) is 12.8. The van der Waals surface area contributed by atoms with E-state index in [4.69, 9.17) is 0 Å². The number of amides is 1. The molecule has 1 aromatic heterocycles. The fourth-order valence-electron chi connectivity index (χ4n) is 2.20. The van der Waals surface area contributed by atoms with Crippen molar-refractivity contribution in [3.63, 3.8) is 0 Å². The Morgan fingerprint density at radius 1 is 1.33 bits per heavy atom. The third-order valence-electron chi connectivity index (χ3n) is 3.55. The molecule has 1 amide bonds. The molecule has 0 spiro atoms. The fraction of sp³-hybridized carbons (Fsp3) is 0.375. The topological polar surface area (TPSA) is 50.2 Å². The summed E-state index contributed by atoms with van der Waals surface area (Å²) in [6.45, 7) is 6.11. The lowest BCUT2D eigenvalue weighted by molar-refractivity contribution is 0.0773. The lowest BCUT2D eigenvalue weighted by Gasteiger charge is -2.19. The molecular formula is C16H22N4O. The third kappa shape index (κ3) is 3.62. The molecule has 1 aromatic carbocycles. The van der Waals surface area contributed by atoms with Crippen LogP contribution in [0.3, 0.4) is 0 Å². The zero-order valence-corrected chi connectivity index (χ0v) is 12.8. The first-order chi connectivity index (χ1) is 10.2. The normalized spacial score (nSPS) is 10.4. The standard InChI is InChI=1S/C16H22N4O/c1-4-20(5-2)16(21)13-7-6-8-14(9-13)18-11-15-10-17-12-19(15)3/h6-10,12,18H,4-5,11H2,1-3H3. The Kier molecular flexibility index (Phi) is 4.98. The van der Waals surface area contributed by atoms with E-state index in [-0.39, 0.29) is 5.91 Å². The van der Waals surface area contributed by atoms with Crippen LogP contribution in [0.15, 0.2) is 36.8 Å². The van der Waals surface area contributed by atoms with Crippen molar-refractivity contribution in [2.75, 3.05) is 18.4 Å². The number of benzene rings is 1. The van der Waals surface area contributed by atoms with Gasteiger partial charge in [-0.1, -0.05) is 6.07 Å². The Morgan fingerprint density at radius 3 is 2.71 bits per heavy atom. The van der Waals surface area contributed by atoms with Crippen molar-refractivity contribution >= 4 is 11.6 Å². The van der Waals surface area contributed by atoms with Crippen molar-refractivity contribution < 1.29 is 4.79 Å². The Labute approximate surface area is 125 Å². The van der Waals surface area contributed by atoms with Crippen molar-refractivity contribution in [1.82, 2.24) is 14.5 Å². The highest BCUT2D eigenvalue weighted by Gasteiger charge is 2.12. The molecule has 1 heterocycles. The summed E-state index contributed by atoms with van der Waals surface area (Å²) in [6.07, 6.45) is 3.61. The summed E-state index contributed by atoms with van der Waals surface area (Å²) in [5.74, 6) is 0.0733. The van der Waals surface area contributed by atoms with Gasteiger partial charge in [-0.15, -0.1) is 0 Å². The highest BCUT2D eigenvalue weighted by atomic mass is 16.2. The first-order valence-corrected chi connectivity index (χ1v) is 7.24. The Bertz CT molecular complexity index is 602. The van der Waals surface area contributed by atoms with E-state index in [1.807, 2.05) is 60.8 Å². The van der Waals surface area contributed by atoms with Crippen LogP contribution >= 0.6 is 0 Å². The summed E-state index contributed by atoms with van der Waals surface area (Å²) in [4.78, 5) is 18.2. The number of imidazole rings is 1. The number of aryl methyl sites for hydroxylation is 1. The summed E-state index contributed by atoms with van der Waals surface area (Å²) in [5.41, 5.74) is 2.75. The molecule has 0 unspecified atom stereocenters. The minimum atomic E-state index is 0.0733. The third-order valence-corrected chi connectivity index (χ3v) is 3.55. The highest BCUT2D eigenvalue weighted by molar-refractivity contribution is 5.95. The van der Waals surface area contributed by atoms with Gasteiger partial charge in [-0.25, -0.2) is 4.98 Å². The van der Waals surface area contributed by atoms with E-state index in [1.165, 1.54) is 0 Å². The molecule has 112 valence electrons. The Hall–Kier alpha value is -2.30.